The van der Waals surface area contributed by atoms with Gasteiger partial charge in [-0.2, -0.15) is 0 Å². The Labute approximate surface area is 99.5 Å². The largest absolute Gasteiger partial charge is 0.325 e. The average molecular weight is 219 g/mol. The van der Waals surface area contributed by atoms with E-state index in [0.717, 1.165) is 17.8 Å². The molecule has 90 valence electrons. The molecule has 2 N–H and O–H groups in total. The Bertz CT molecular complexity index is 255. The van der Waals surface area contributed by atoms with E-state index in [0.29, 0.717) is 5.41 Å². The topological polar surface area (TPSA) is 26.0 Å². The molecule has 4 aliphatic carbocycles. The van der Waals surface area contributed by atoms with E-state index < -0.39 is 0 Å². The van der Waals surface area contributed by atoms with Crippen molar-refractivity contribution in [3.63, 3.8) is 0 Å². The minimum absolute atomic E-state index is 0.230. The smallest absolute Gasteiger partial charge is 0.0194 e. The van der Waals surface area contributed by atoms with Gasteiger partial charge in [0.1, 0.15) is 0 Å². The molecule has 1 unspecified atom stereocenters. The van der Waals surface area contributed by atoms with Crippen LogP contribution < -0.4 is 5.73 Å². The highest BCUT2D eigenvalue weighted by Crippen LogP contribution is 2.61. The molecule has 0 aromatic carbocycles. The molecule has 0 aliphatic heterocycles. The van der Waals surface area contributed by atoms with E-state index in [2.05, 4.69) is 19.1 Å². The molecule has 4 aliphatic rings. The molecule has 1 heteroatoms. The summed E-state index contributed by atoms with van der Waals surface area (Å²) in [5, 5.41) is 0. The van der Waals surface area contributed by atoms with E-state index in [-0.39, 0.29) is 6.04 Å². The highest BCUT2D eigenvalue weighted by molar-refractivity contribution is 5.05. The molecule has 0 saturated heterocycles. The monoisotopic (exact) mass is 219 g/mol. The summed E-state index contributed by atoms with van der Waals surface area (Å²) in [5.41, 5.74) is 6.48. The van der Waals surface area contributed by atoms with Crippen LogP contribution in [0.15, 0.2) is 12.2 Å². The molecular formula is C15H25N. The molecule has 0 aromatic heterocycles. The zero-order valence-corrected chi connectivity index (χ0v) is 10.5. The summed E-state index contributed by atoms with van der Waals surface area (Å²) < 4.78 is 0. The Balaban J connectivity index is 1.69. The molecule has 1 nitrogen and oxygen atoms in total. The summed E-state index contributed by atoms with van der Waals surface area (Å²) >= 11 is 0. The van der Waals surface area contributed by atoms with Crippen molar-refractivity contribution in [2.45, 2.75) is 57.9 Å². The first-order valence-electron chi connectivity index (χ1n) is 7.07. The number of nitrogens with two attached hydrogens (primary N) is 1. The van der Waals surface area contributed by atoms with Gasteiger partial charge in [-0.3, -0.25) is 0 Å². The second kappa shape index (κ2) is 3.87. The molecular weight excluding hydrogens is 194 g/mol. The van der Waals surface area contributed by atoms with Crippen molar-refractivity contribution >= 4 is 0 Å². The Kier molecular flexibility index (Phi) is 2.62. The van der Waals surface area contributed by atoms with Crippen LogP contribution in [0.25, 0.3) is 0 Å². The van der Waals surface area contributed by atoms with Crippen molar-refractivity contribution < 1.29 is 0 Å². The Morgan fingerprint density at radius 1 is 1.12 bits per heavy atom. The maximum atomic E-state index is 5.78. The predicted molar refractivity (Wildman–Crippen MR) is 68.0 cm³/mol. The van der Waals surface area contributed by atoms with Crippen molar-refractivity contribution in [1.82, 2.24) is 0 Å². The summed E-state index contributed by atoms with van der Waals surface area (Å²) in [4.78, 5) is 0. The van der Waals surface area contributed by atoms with E-state index >= 15 is 0 Å². The lowest BCUT2D eigenvalue weighted by Crippen LogP contribution is -2.45. The number of allylic oxidation sites excluding steroid dienone is 1. The van der Waals surface area contributed by atoms with E-state index in [4.69, 9.17) is 5.73 Å². The standard InChI is InChI=1S/C15H25N/c1-11(16)3-2-4-15-8-12-5-13(9-15)7-14(6-12)10-15/h2-3,11-14H,4-10,16H2,1H3/b3-2+. The molecule has 0 spiro atoms. The minimum atomic E-state index is 0.230. The number of hydrogen-bond donors (Lipinski definition) is 1. The van der Waals surface area contributed by atoms with Crippen LogP contribution in [-0.2, 0) is 0 Å². The van der Waals surface area contributed by atoms with Crippen LogP contribution in [0.3, 0.4) is 0 Å². The molecule has 16 heavy (non-hydrogen) atoms. The van der Waals surface area contributed by atoms with Crippen molar-refractivity contribution in [3.05, 3.63) is 12.2 Å². The summed E-state index contributed by atoms with van der Waals surface area (Å²) in [5.74, 6) is 3.24. The van der Waals surface area contributed by atoms with E-state index in [9.17, 15) is 0 Å². The fourth-order valence-electron chi connectivity index (χ4n) is 5.07. The quantitative estimate of drug-likeness (QED) is 0.722. The summed E-state index contributed by atoms with van der Waals surface area (Å²) in [6.45, 7) is 2.07. The molecule has 1 atom stereocenters. The predicted octanol–water partition coefficient (Wildman–Crippen LogP) is 3.50. The van der Waals surface area contributed by atoms with Gasteiger partial charge in [0.15, 0.2) is 0 Å². The Hall–Kier alpha value is -0.300. The normalized spacial score (nSPS) is 47.8. The van der Waals surface area contributed by atoms with Crippen LogP contribution in [0.4, 0.5) is 0 Å². The van der Waals surface area contributed by atoms with Gasteiger partial charge >= 0.3 is 0 Å². The van der Waals surface area contributed by atoms with Gasteiger partial charge in [0, 0.05) is 6.04 Å². The molecule has 0 heterocycles. The van der Waals surface area contributed by atoms with Crippen LogP contribution in [0, 0.1) is 23.2 Å². The van der Waals surface area contributed by atoms with Crippen LogP contribution >= 0.6 is 0 Å². The second-order valence-corrected chi connectivity index (χ2v) is 6.91. The molecule has 0 radical (unpaired) electrons. The molecule has 4 rings (SSSR count). The fourth-order valence-corrected chi connectivity index (χ4v) is 5.07. The van der Waals surface area contributed by atoms with Gasteiger partial charge in [-0.25, -0.2) is 0 Å². The van der Waals surface area contributed by atoms with Crippen LogP contribution in [0.5, 0.6) is 0 Å². The first kappa shape index (κ1) is 10.8. The van der Waals surface area contributed by atoms with Gasteiger partial charge in [0.25, 0.3) is 0 Å². The summed E-state index contributed by atoms with van der Waals surface area (Å²) in [6, 6.07) is 0.230. The van der Waals surface area contributed by atoms with Gasteiger partial charge in [0.2, 0.25) is 0 Å². The minimum Gasteiger partial charge on any atom is -0.325 e. The third kappa shape index (κ3) is 1.95. The van der Waals surface area contributed by atoms with Crippen LogP contribution in [0.2, 0.25) is 0 Å². The SMILES string of the molecule is CC(N)/C=C/CC12CC3CC(CC(C3)C1)C2. The third-order valence-corrected chi connectivity index (χ3v) is 5.16. The zero-order valence-electron chi connectivity index (χ0n) is 10.5. The van der Waals surface area contributed by atoms with Gasteiger partial charge < -0.3 is 5.73 Å². The first-order valence-corrected chi connectivity index (χ1v) is 7.07. The van der Waals surface area contributed by atoms with E-state index in [1.165, 1.54) is 25.7 Å². The van der Waals surface area contributed by atoms with Gasteiger partial charge in [0.05, 0.1) is 0 Å². The van der Waals surface area contributed by atoms with Crippen molar-refractivity contribution in [3.8, 4) is 0 Å². The molecule has 0 amide bonds. The van der Waals surface area contributed by atoms with Crippen LogP contribution in [0.1, 0.15) is 51.9 Å². The maximum Gasteiger partial charge on any atom is 0.0194 e. The fraction of sp³-hybridized carbons (Fsp3) is 0.867. The highest BCUT2D eigenvalue weighted by atomic mass is 14.6. The number of hydrogen-bond acceptors (Lipinski definition) is 1. The lowest BCUT2D eigenvalue weighted by molar-refractivity contribution is -0.0507. The Morgan fingerprint density at radius 2 is 1.62 bits per heavy atom. The van der Waals surface area contributed by atoms with Gasteiger partial charge in [-0.05, 0) is 75.0 Å². The average Bonchev–Trinajstić information content (AvgIpc) is 2.13. The lowest BCUT2D eigenvalue weighted by Gasteiger charge is -2.56. The van der Waals surface area contributed by atoms with Crippen molar-refractivity contribution in [1.29, 1.82) is 0 Å². The van der Waals surface area contributed by atoms with Gasteiger partial charge in [-0.1, -0.05) is 12.2 Å². The zero-order chi connectivity index (χ0) is 11.2. The lowest BCUT2D eigenvalue weighted by atomic mass is 9.49. The third-order valence-electron chi connectivity index (χ3n) is 5.16. The highest BCUT2D eigenvalue weighted by Gasteiger charge is 2.49. The molecule has 0 aromatic rings. The van der Waals surface area contributed by atoms with Crippen molar-refractivity contribution in [2.75, 3.05) is 0 Å². The first-order chi connectivity index (χ1) is 7.65. The maximum absolute atomic E-state index is 5.78. The van der Waals surface area contributed by atoms with E-state index in [1.807, 2.05) is 0 Å². The molecule has 4 saturated carbocycles. The second-order valence-electron chi connectivity index (χ2n) is 6.91. The van der Waals surface area contributed by atoms with E-state index in [1.54, 1.807) is 19.3 Å². The Morgan fingerprint density at radius 3 is 2.06 bits per heavy atom. The number of rotatable bonds is 3. The molecule has 4 bridgehead atoms. The van der Waals surface area contributed by atoms with Crippen LogP contribution in [-0.4, -0.2) is 6.04 Å². The molecule has 4 fully saturated rings. The van der Waals surface area contributed by atoms with Crippen molar-refractivity contribution in [2.24, 2.45) is 28.9 Å². The summed E-state index contributed by atoms with van der Waals surface area (Å²) in [7, 11) is 0. The summed E-state index contributed by atoms with van der Waals surface area (Å²) in [6.07, 6.45) is 15.1. The van der Waals surface area contributed by atoms with Gasteiger partial charge in [-0.15, -0.1) is 0 Å².